The molecule has 0 saturated heterocycles. The Hall–Kier alpha value is -3.75. The van der Waals surface area contributed by atoms with Gasteiger partial charge in [0.1, 0.15) is 11.6 Å². The lowest BCUT2D eigenvalue weighted by atomic mass is 10.1. The maximum Gasteiger partial charge on any atom is 0.329 e. The predicted molar refractivity (Wildman–Crippen MR) is 191 cm³/mol. The number of carbonyl (C=O) groups excluding carboxylic acids is 4. The summed E-state index contributed by atoms with van der Waals surface area (Å²) in [6, 6.07) is 12.5. The van der Waals surface area contributed by atoms with Gasteiger partial charge < -0.3 is 29.7 Å². The molecule has 0 aliphatic rings. The molecule has 3 rings (SSSR count). The quantitative estimate of drug-likeness (QED) is 0.0981. The maximum atomic E-state index is 14.5. The minimum Gasteiger partial charge on any atom is -0.460 e. The van der Waals surface area contributed by atoms with Gasteiger partial charge in [-0.1, -0.05) is 41.9 Å². The molecule has 2 atom stereocenters. The van der Waals surface area contributed by atoms with E-state index in [1.54, 1.807) is 61.3 Å². The number of benzene rings is 2. The number of halogens is 1. The van der Waals surface area contributed by atoms with E-state index in [4.69, 9.17) is 25.8 Å². The number of nitrogens with one attached hydrogen (secondary N) is 3. The van der Waals surface area contributed by atoms with Crippen molar-refractivity contribution >= 4 is 56.8 Å². The number of rotatable bonds is 17. The number of fused-ring (bicyclic) bond motifs is 1. The molecule has 12 nitrogen and oxygen atoms in total. The zero-order chi connectivity index (χ0) is 36.1. The predicted octanol–water partition coefficient (Wildman–Crippen LogP) is 5.23. The topological polar surface area (TPSA) is 139 Å². The van der Waals surface area contributed by atoms with E-state index in [1.807, 2.05) is 50.4 Å². The maximum absolute atomic E-state index is 14.5. The van der Waals surface area contributed by atoms with Crippen molar-refractivity contribution in [3.8, 4) is 0 Å². The van der Waals surface area contributed by atoms with Crippen molar-refractivity contribution < 1.29 is 33.4 Å². The molecule has 1 aromatic heterocycles. The molecule has 0 aliphatic heterocycles. The van der Waals surface area contributed by atoms with Crippen molar-refractivity contribution in [2.75, 3.05) is 26.8 Å². The van der Waals surface area contributed by atoms with Crippen LogP contribution in [0.15, 0.2) is 53.9 Å². The third-order valence-corrected chi connectivity index (χ3v) is 8.46. The molecular weight excluding hydrogens is 670 g/mol. The third-order valence-electron chi connectivity index (χ3n) is 7.20. The van der Waals surface area contributed by atoms with Crippen molar-refractivity contribution in [1.29, 1.82) is 0 Å². The van der Waals surface area contributed by atoms with Crippen molar-refractivity contribution in [2.45, 2.75) is 85.0 Å². The van der Waals surface area contributed by atoms with Crippen LogP contribution in [0.2, 0.25) is 5.02 Å². The first-order valence-corrected chi connectivity index (χ1v) is 17.5. The van der Waals surface area contributed by atoms with Crippen LogP contribution < -0.4 is 16.1 Å². The van der Waals surface area contributed by atoms with Gasteiger partial charge in [-0.15, -0.1) is 11.3 Å². The average Bonchev–Trinajstić information content (AvgIpc) is 3.44. The zero-order valence-electron chi connectivity index (χ0n) is 29.2. The molecule has 0 fully saturated rings. The molecule has 4 amide bonds. The second-order valence-electron chi connectivity index (χ2n) is 12.4. The summed E-state index contributed by atoms with van der Waals surface area (Å²) in [7, 11) is 1.51. The van der Waals surface area contributed by atoms with Gasteiger partial charge in [0, 0.05) is 43.1 Å². The van der Waals surface area contributed by atoms with Crippen LogP contribution in [0.1, 0.15) is 59.1 Å². The lowest BCUT2D eigenvalue weighted by molar-refractivity contribution is -0.180. The van der Waals surface area contributed by atoms with E-state index in [9.17, 15) is 19.2 Å². The monoisotopic (exact) mass is 717 g/mol. The highest BCUT2D eigenvalue weighted by Crippen LogP contribution is 2.28. The van der Waals surface area contributed by atoms with E-state index in [2.05, 4.69) is 16.1 Å². The van der Waals surface area contributed by atoms with Gasteiger partial charge in [0.25, 0.3) is 0 Å². The first kappa shape index (κ1) is 39.7. The summed E-state index contributed by atoms with van der Waals surface area (Å²) < 4.78 is 18.4. The number of carbonyl (C=O) groups is 4. The Labute approximate surface area is 297 Å². The number of urea groups is 1. The van der Waals surface area contributed by atoms with E-state index in [1.165, 1.54) is 12.1 Å². The number of hydrazine groups is 1. The number of esters is 1. The van der Waals surface area contributed by atoms with Crippen LogP contribution in [0, 0.1) is 0 Å². The Balaban J connectivity index is 1.82. The van der Waals surface area contributed by atoms with Crippen LogP contribution in [0.25, 0.3) is 10.1 Å². The van der Waals surface area contributed by atoms with Crippen LogP contribution in [-0.4, -0.2) is 84.5 Å². The number of likely N-dealkylation sites (N-methyl/N-ethyl adjacent to an activating group) is 1. The van der Waals surface area contributed by atoms with Crippen LogP contribution in [0.3, 0.4) is 0 Å². The standard InChI is InChI=1S/C35H48ClN5O7S/c1-8-46-33(47-9-2)23(3)41(20-25-22-49-29-13-11-10-12-27(25)29)32(44)28(18-31(43)48-35(4,5)6)38-30(42)21-40(7)39-34(45)37-19-24-14-16-26(36)17-15-24/h10-17,22-23,28,33H,8-9,18-21H2,1-7H3,(H,38,42)(H2,37,39,45)/t23-,28?/m0/s1. The Bertz CT molecular complexity index is 1540. The van der Waals surface area contributed by atoms with Crippen LogP contribution in [0.4, 0.5) is 4.79 Å². The fraction of sp³-hybridized carbons (Fsp3) is 0.486. The molecule has 268 valence electrons. The van der Waals surface area contributed by atoms with Crippen LogP contribution in [-0.2, 0) is 41.7 Å². The van der Waals surface area contributed by atoms with E-state index in [0.717, 1.165) is 21.2 Å². The zero-order valence-corrected chi connectivity index (χ0v) is 30.8. The fourth-order valence-corrected chi connectivity index (χ4v) is 6.09. The van der Waals surface area contributed by atoms with Crippen molar-refractivity contribution in [3.63, 3.8) is 0 Å². The number of thiophene rings is 1. The summed E-state index contributed by atoms with van der Waals surface area (Å²) in [6.07, 6.45) is -1.18. The van der Waals surface area contributed by atoms with Gasteiger partial charge in [-0.05, 0) is 81.6 Å². The largest absolute Gasteiger partial charge is 0.460 e. The molecule has 0 bridgehead atoms. The van der Waals surface area contributed by atoms with E-state index >= 15 is 0 Å². The normalized spacial score (nSPS) is 12.9. The number of hydrogen-bond acceptors (Lipinski definition) is 9. The second kappa shape index (κ2) is 18.9. The molecule has 0 saturated carbocycles. The van der Waals surface area contributed by atoms with E-state index < -0.39 is 54.2 Å². The highest BCUT2D eigenvalue weighted by molar-refractivity contribution is 7.17. The minimum absolute atomic E-state index is 0.177. The molecule has 3 N–H and O–H groups in total. The molecular formula is C35H48ClN5O7S. The molecule has 1 unspecified atom stereocenters. The average molecular weight is 718 g/mol. The van der Waals surface area contributed by atoms with Crippen molar-refractivity contribution in [3.05, 3.63) is 70.1 Å². The van der Waals surface area contributed by atoms with Gasteiger partial charge in [0.2, 0.25) is 11.8 Å². The Morgan fingerprint density at radius 1 is 0.980 bits per heavy atom. The minimum atomic E-state index is -1.29. The number of hydrogen-bond donors (Lipinski definition) is 3. The highest BCUT2D eigenvalue weighted by atomic mass is 35.5. The summed E-state index contributed by atoms with van der Waals surface area (Å²) in [5, 5.41) is 10.3. The third kappa shape index (κ3) is 12.9. The SMILES string of the molecule is CCOC(OCC)[C@H](C)N(Cc1csc2ccccc12)C(=O)C(CC(=O)OC(C)(C)C)NC(=O)CN(C)NC(=O)NCc1ccc(Cl)cc1. The molecule has 0 aliphatic carbocycles. The second-order valence-corrected chi connectivity index (χ2v) is 13.8. The molecule has 49 heavy (non-hydrogen) atoms. The summed E-state index contributed by atoms with van der Waals surface area (Å²) >= 11 is 7.49. The molecule has 3 aromatic rings. The van der Waals surface area contributed by atoms with Crippen LogP contribution in [0.5, 0.6) is 0 Å². The van der Waals surface area contributed by atoms with Gasteiger partial charge in [-0.3, -0.25) is 19.8 Å². The van der Waals surface area contributed by atoms with Crippen molar-refractivity contribution in [2.24, 2.45) is 0 Å². The number of ether oxygens (including phenoxy) is 3. The first-order chi connectivity index (χ1) is 23.2. The smallest absolute Gasteiger partial charge is 0.329 e. The summed E-state index contributed by atoms with van der Waals surface area (Å²) in [5.41, 5.74) is 3.51. The van der Waals surface area contributed by atoms with Gasteiger partial charge in [-0.25, -0.2) is 9.80 Å². The molecule has 0 spiro atoms. The molecule has 2 aromatic carbocycles. The Morgan fingerprint density at radius 3 is 2.27 bits per heavy atom. The summed E-state index contributed by atoms with van der Waals surface area (Å²) in [6.45, 7) is 11.5. The Kier molecular flexibility index (Phi) is 15.3. The first-order valence-electron chi connectivity index (χ1n) is 16.2. The lowest BCUT2D eigenvalue weighted by Crippen LogP contribution is -2.56. The number of nitrogens with zero attached hydrogens (tertiary/aromatic N) is 2. The highest BCUT2D eigenvalue weighted by Gasteiger charge is 2.36. The van der Waals surface area contributed by atoms with Gasteiger partial charge in [0.15, 0.2) is 6.29 Å². The molecule has 1 heterocycles. The van der Waals surface area contributed by atoms with Crippen molar-refractivity contribution in [1.82, 2.24) is 26.0 Å². The molecule has 14 heteroatoms. The summed E-state index contributed by atoms with van der Waals surface area (Å²) in [4.78, 5) is 55.0. The molecule has 0 radical (unpaired) electrons. The lowest BCUT2D eigenvalue weighted by Gasteiger charge is -2.36. The fourth-order valence-electron chi connectivity index (χ4n) is 5.01. The van der Waals surface area contributed by atoms with Crippen LogP contribution >= 0.6 is 22.9 Å². The summed E-state index contributed by atoms with van der Waals surface area (Å²) in [5.74, 6) is -1.76. The van der Waals surface area contributed by atoms with E-state index in [0.29, 0.717) is 18.2 Å². The Morgan fingerprint density at radius 2 is 1.63 bits per heavy atom. The van der Waals surface area contributed by atoms with E-state index in [-0.39, 0.29) is 19.6 Å². The van der Waals surface area contributed by atoms with Gasteiger partial charge in [-0.2, -0.15) is 0 Å². The van der Waals surface area contributed by atoms with Gasteiger partial charge >= 0.3 is 12.0 Å². The number of amides is 4. The van der Waals surface area contributed by atoms with Gasteiger partial charge in [0.05, 0.1) is 19.0 Å².